The van der Waals surface area contributed by atoms with Crippen molar-refractivity contribution in [3.8, 4) is 0 Å². The molecule has 1 aromatic heterocycles. The Balaban J connectivity index is 2.07. The van der Waals surface area contributed by atoms with Crippen molar-refractivity contribution in [2.75, 3.05) is 6.54 Å². The predicted octanol–water partition coefficient (Wildman–Crippen LogP) is 2.49. The molecule has 0 amide bonds. The Labute approximate surface area is 91.9 Å². The number of hydrogen-bond acceptors (Lipinski definition) is 2. The van der Waals surface area contributed by atoms with Crippen molar-refractivity contribution in [2.24, 2.45) is 11.7 Å². The molecule has 0 aromatic carbocycles. The van der Waals surface area contributed by atoms with Crippen LogP contribution in [0.4, 0.5) is 0 Å². The first-order chi connectivity index (χ1) is 7.30. The Morgan fingerprint density at radius 1 is 1.40 bits per heavy atom. The second-order valence-electron chi connectivity index (χ2n) is 4.78. The zero-order valence-corrected chi connectivity index (χ0v) is 9.45. The zero-order chi connectivity index (χ0) is 10.7. The largest absolute Gasteiger partial charge is 0.330 e. The van der Waals surface area contributed by atoms with Crippen molar-refractivity contribution < 1.29 is 0 Å². The molecule has 2 rings (SSSR count). The van der Waals surface area contributed by atoms with Crippen molar-refractivity contribution in [1.29, 1.82) is 0 Å². The van der Waals surface area contributed by atoms with Gasteiger partial charge in [0.05, 0.1) is 0 Å². The van der Waals surface area contributed by atoms with Gasteiger partial charge in [-0.15, -0.1) is 0 Å². The first-order valence-electron chi connectivity index (χ1n) is 5.91. The zero-order valence-electron chi connectivity index (χ0n) is 9.45. The van der Waals surface area contributed by atoms with Crippen LogP contribution in [0.15, 0.2) is 24.5 Å². The van der Waals surface area contributed by atoms with E-state index in [9.17, 15) is 0 Å². The van der Waals surface area contributed by atoms with E-state index in [2.05, 4.69) is 24.0 Å². The highest BCUT2D eigenvalue weighted by Crippen LogP contribution is 2.48. The van der Waals surface area contributed by atoms with E-state index in [0.717, 1.165) is 12.5 Å². The molecular formula is C13H20N2. The van der Waals surface area contributed by atoms with Crippen LogP contribution in [0.5, 0.6) is 0 Å². The molecule has 1 aliphatic rings. The number of hydrogen-bond donors (Lipinski definition) is 1. The van der Waals surface area contributed by atoms with Gasteiger partial charge in [0.1, 0.15) is 0 Å². The van der Waals surface area contributed by atoms with Crippen molar-refractivity contribution in [3.05, 3.63) is 30.1 Å². The fraction of sp³-hybridized carbons (Fsp3) is 0.615. The van der Waals surface area contributed by atoms with Crippen LogP contribution in [-0.2, 0) is 5.41 Å². The van der Waals surface area contributed by atoms with E-state index in [1.807, 2.05) is 12.4 Å². The maximum atomic E-state index is 5.94. The van der Waals surface area contributed by atoms with Crippen LogP contribution < -0.4 is 5.73 Å². The van der Waals surface area contributed by atoms with Crippen molar-refractivity contribution in [3.63, 3.8) is 0 Å². The number of aromatic nitrogens is 1. The third-order valence-corrected chi connectivity index (χ3v) is 3.74. The van der Waals surface area contributed by atoms with Crippen LogP contribution in [0.1, 0.15) is 38.2 Å². The lowest BCUT2D eigenvalue weighted by atomic mass is 9.58. The monoisotopic (exact) mass is 204 g/mol. The molecule has 0 spiro atoms. The molecule has 82 valence electrons. The summed E-state index contributed by atoms with van der Waals surface area (Å²) < 4.78 is 0. The Bertz CT molecular complexity index is 302. The Kier molecular flexibility index (Phi) is 3.06. The smallest absolute Gasteiger partial charge is 0.0270 e. The molecule has 0 bridgehead atoms. The number of rotatable bonds is 4. The normalized spacial score (nSPS) is 29.9. The van der Waals surface area contributed by atoms with Gasteiger partial charge in [0.2, 0.25) is 0 Å². The minimum atomic E-state index is 0.267. The molecule has 1 heterocycles. The SMILES string of the molecule is CCCC1CC(CN)(c2ccncc2)C1. The maximum Gasteiger partial charge on any atom is 0.0270 e. The lowest BCUT2D eigenvalue weighted by Gasteiger charge is -2.48. The summed E-state index contributed by atoms with van der Waals surface area (Å²) in [5.41, 5.74) is 7.59. The molecule has 1 fully saturated rings. The molecule has 0 atom stereocenters. The van der Waals surface area contributed by atoms with Gasteiger partial charge < -0.3 is 5.73 Å². The maximum absolute atomic E-state index is 5.94. The van der Waals surface area contributed by atoms with E-state index in [4.69, 9.17) is 5.73 Å². The summed E-state index contributed by atoms with van der Waals surface area (Å²) in [6.07, 6.45) is 8.93. The molecule has 1 aromatic rings. The van der Waals surface area contributed by atoms with Gasteiger partial charge in [-0.05, 0) is 36.5 Å². The van der Waals surface area contributed by atoms with Gasteiger partial charge in [-0.1, -0.05) is 19.8 Å². The second kappa shape index (κ2) is 4.31. The number of nitrogens with two attached hydrogens (primary N) is 1. The van der Waals surface area contributed by atoms with Crippen molar-refractivity contribution >= 4 is 0 Å². The van der Waals surface area contributed by atoms with E-state index < -0.39 is 0 Å². The van der Waals surface area contributed by atoms with Gasteiger partial charge in [-0.25, -0.2) is 0 Å². The average molecular weight is 204 g/mol. The van der Waals surface area contributed by atoms with Gasteiger partial charge >= 0.3 is 0 Å². The Morgan fingerprint density at radius 3 is 2.60 bits per heavy atom. The summed E-state index contributed by atoms with van der Waals surface area (Å²) in [4.78, 5) is 4.07. The molecule has 1 aliphatic carbocycles. The fourth-order valence-corrected chi connectivity index (χ4v) is 2.88. The predicted molar refractivity (Wildman–Crippen MR) is 62.6 cm³/mol. The molecule has 2 nitrogen and oxygen atoms in total. The molecule has 0 aliphatic heterocycles. The molecule has 15 heavy (non-hydrogen) atoms. The van der Waals surface area contributed by atoms with Crippen LogP contribution in [0.2, 0.25) is 0 Å². The lowest BCUT2D eigenvalue weighted by Crippen LogP contribution is -2.47. The van der Waals surface area contributed by atoms with E-state index in [1.165, 1.54) is 31.2 Å². The summed E-state index contributed by atoms with van der Waals surface area (Å²) in [6, 6.07) is 4.24. The summed E-state index contributed by atoms with van der Waals surface area (Å²) in [6.45, 7) is 3.03. The third-order valence-electron chi connectivity index (χ3n) is 3.74. The third kappa shape index (κ3) is 1.91. The van der Waals surface area contributed by atoms with Gasteiger partial charge in [0, 0.05) is 24.4 Å². The van der Waals surface area contributed by atoms with E-state index in [0.29, 0.717) is 0 Å². The van der Waals surface area contributed by atoms with Crippen molar-refractivity contribution in [2.45, 2.75) is 38.0 Å². The van der Waals surface area contributed by atoms with Gasteiger partial charge in [-0.3, -0.25) is 4.98 Å². The molecule has 0 radical (unpaired) electrons. The summed E-state index contributed by atoms with van der Waals surface area (Å²) in [5.74, 6) is 0.895. The van der Waals surface area contributed by atoms with Crippen LogP contribution in [0.3, 0.4) is 0 Å². The summed E-state index contributed by atoms with van der Waals surface area (Å²) in [7, 11) is 0. The minimum absolute atomic E-state index is 0.267. The number of nitrogens with zero attached hydrogens (tertiary/aromatic N) is 1. The molecule has 1 saturated carbocycles. The van der Waals surface area contributed by atoms with Crippen LogP contribution >= 0.6 is 0 Å². The summed E-state index contributed by atoms with van der Waals surface area (Å²) >= 11 is 0. The van der Waals surface area contributed by atoms with Crippen LogP contribution in [0, 0.1) is 5.92 Å². The molecular weight excluding hydrogens is 184 g/mol. The van der Waals surface area contributed by atoms with Crippen LogP contribution in [-0.4, -0.2) is 11.5 Å². The Hall–Kier alpha value is -0.890. The highest BCUT2D eigenvalue weighted by molar-refractivity contribution is 5.27. The van der Waals surface area contributed by atoms with Gasteiger partial charge in [-0.2, -0.15) is 0 Å². The highest BCUT2D eigenvalue weighted by Gasteiger charge is 2.43. The average Bonchev–Trinajstić information content (AvgIpc) is 2.24. The van der Waals surface area contributed by atoms with E-state index >= 15 is 0 Å². The lowest BCUT2D eigenvalue weighted by molar-refractivity contribution is 0.139. The Morgan fingerprint density at radius 2 is 2.07 bits per heavy atom. The van der Waals surface area contributed by atoms with Crippen LogP contribution in [0.25, 0.3) is 0 Å². The molecule has 0 unspecified atom stereocenters. The highest BCUT2D eigenvalue weighted by atomic mass is 14.7. The molecule has 0 saturated heterocycles. The van der Waals surface area contributed by atoms with Crippen molar-refractivity contribution in [1.82, 2.24) is 4.98 Å². The first kappa shape index (κ1) is 10.6. The quantitative estimate of drug-likeness (QED) is 0.818. The van der Waals surface area contributed by atoms with Gasteiger partial charge in [0.15, 0.2) is 0 Å². The number of pyridine rings is 1. The standard InChI is InChI=1S/C13H20N2/c1-2-3-11-8-13(9-11,10-14)12-4-6-15-7-5-12/h4-7,11H,2-3,8-10,14H2,1H3. The van der Waals surface area contributed by atoms with Gasteiger partial charge in [0.25, 0.3) is 0 Å². The topological polar surface area (TPSA) is 38.9 Å². The second-order valence-corrected chi connectivity index (χ2v) is 4.78. The summed E-state index contributed by atoms with van der Waals surface area (Å²) in [5, 5.41) is 0. The molecule has 2 N–H and O–H groups in total. The molecule has 2 heteroatoms. The fourth-order valence-electron chi connectivity index (χ4n) is 2.88. The minimum Gasteiger partial charge on any atom is -0.330 e. The van der Waals surface area contributed by atoms with E-state index in [-0.39, 0.29) is 5.41 Å². The van der Waals surface area contributed by atoms with E-state index in [1.54, 1.807) is 0 Å². The first-order valence-corrected chi connectivity index (χ1v) is 5.91.